The Bertz CT molecular complexity index is 525. The Labute approximate surface area is 115 Å². The Kier molecular flexibility index (Phi) is 4.49. The fraction of sp³-hybridized carbons (Fsp3) is 0.385. The number of nitrogens with zero attached hydrogens (tertiary/aromatic N) is 2. The molecule has 2 rings (SSSR count). The molecule has 0 bridgehead atoms. The highest BCUT2D eigenvalue weighted by Gasteiger charge is 2.10. The van der Waals surface area contributed by atoms with E-state index in [-0.39, 0.29) is 0 Å². The van der Waals surface area contributed by atoms with Gasteiger partial charge in [-0.2, -0.15) is 4.98 Å². The highest BCUT2D eigenvalue weighted by Crippen LogP contribution is 2.23. The first-order valence-electron chi connectivity index (χ1n) is 5.94. The Morgan fingerprint density at radius 2 is 2.22 bits per heavy atom. The van der Waals surface area contributed by atoms with Crippen LogP contribution in [0.2, 0.25) is 0 Å². The number of hydrogen-bond donors (Lipinski definition) is 1. The van der Waals surface area contributed by atoms with Gasteiger partial charge in [0.25, 0.3) is 0 Å². The van der Waals surface area contributed by atoms with Crippen LogP contribution in [-0.4, -0.2) is 23.7 Å². The lowest BCUT2D eigenvalue weighted by Crippen LogP contribution is -2.08. The van der Waals surface area contributed by atoms with Gasteiger partial charge in [-0.3, -0.25) is 0 Å². The SMILES string of the molecule is CNCCCc1nc(-c2ccc(Br)cc2C)no1. The molecule has 2 aromatic rings. The zero-order valence-electron chi connectivity index (χ0n) is 10.5. The summed E-state index contributed by atoms with van der Waals surface area (Å²) < 4.78 is 6.31. The van der Waals surface area contributed by atoms with E-state index in [2.05, 4.69) is 31.4 Å². The number of aryl methyl sites for hydroxylation is 2. The monoisotopic (exact) mass is 309 g/mol. The molecule has 0 saturated carbocycles. The normalized spacial score (nSPS) is 10.8. The van der Waals surface area contributed by atoms with Gasteiger partial charge in [-0.15, -0.1) is 0 Å². The molecular weight excluding hydrogens is 294 g/mol. The van der Waals surface area contributed by atoms with E-state index in [1.807, 2.05) is 32.2 Å². The predicted molar refractivity (Wildman–Crippen MR) is 74.4 cm³/mol. The molecule has 1 N–H and O–H groups in total. The Morgan fingerprint density at radius 1 is 1.39 bits per heavy atom. The van der Waals surface area contributed by atoms with Crippen molar-refractivity contribution in [1.82, 2.24) is 15.5 Å². The molecule has 0 atom stereocenters. The average molecular weight is 310 g/mol. The van der Waals surface area contributed by atoms with Crippen molar-refractivity contribution in [2.75, 3.05) is 13.6 Å². The molecule has 0 unspecified atom stereocenters. The van der Waals surface area contributed by atoms with E-state index in [0.717, 1.165) is 35.0 Å². The third kappa shape index (κ3) is 3.17. The van der Waals surface area contributed by atoms with E-state index >= 15 is 0 Å². The van der Waals surface area contributed by atoms with Crippen LogP contribution >= 0.6 is 15.9 Å². The highest BCUT2D eigenvalue weighted by atomic mass is 79.9. The summed E-state index contributed by atoms with van der Waals surface area (Å²) in [7, 11) is 1.93. The molecule has 0 fully saturated rings. The quantitative estimate of drug-likeness (QED) is 0.863. The van der Waals surface area contributed by atoms with Gasteiger partial charge in [-0.05, 0) is 50.7 Å². The van der Waals surface area contributed by atoms with Crippen molar-refractivity contribution in [3.05, 3.63) is 34.1 Å². The molecule has 4 nitrogen and oxygen atoms in total. The van der Waals surface area contributed by atoms with Gasteiger partial charge in [0.2, 0.25) is 11.7 Å². The maximum absolute atomic E-state index is 5.25. The maximum Gasteiger partial charge on any atom is 0.227 e. The maximum atomic E-state index is 5.25. The number of aromatic nitrogens is 2. The second-order valence-electron chi connectivity index (χ2n) is 4.18. The lowest BCUT2D eigenvalue weighted by atomic mass is 10.1. The van der Waals surface area contributed by atoms with Crippen LogP contribution in [-0.2, 0) is 6.42 Å². The van der Waals surface area contributed by atoms with Crippen LogP contribution in [0, 0.1) is 6.92 Å². The van der Waals surface area contributed by atoms with Gasteiger partial charge < -0.3 is 9.84 Å². The van der Waals surface area contributed by atoms with Crippen LogP contribution in [0.15, 0.2) is 27.2 Å². The van der Waals surface area contributed by atoms with Crippen LogP contribution in [0.4, 0.5) is 0 Å². The molecule has 1 aromatic heterocycles. The molecule has 0 aliphatic rings. The fourth-order valence-electron chi connectivity index (χ4n) is 1.76. The summed E-state index contributed by atoms with van der Waals surface area (Å²) in [5.74, 6) is 1.36. The van der Waals surface area contributed by atoms with Gasteiger partial charge in [0, 0.05) is 16.5 Å². The summed E-state index contributed by atoms with van der Waals surface area (Å²) in [6, 6.07) is 6.04. The van der Waals surface area contributed by atoms with Crippen molar-refractivity contribution in [3.8, 4) is 11.4 Å². The molecule has 0 saturated heterocycles. The van der Waals surface area contributed by atoms with Crippen molar-refractivity contribution in [2.24, 2.45) is 0 Å². The van der Waals surface area contributed by atoms with Gasteiger partial charge in [-0.25, -0.2) is 0 Å². The molecule has 0 amide bonds. The number of rotatable bonds is 5. The molecule has 0 radical (unpaired) electrons. The van der Waals surface area contributed by atoms with E-state index in [1.54, 1.807) is 0 Å². The number of hydrogen-bond acceptors (Lipinski definition) is 4. The minimum atomic E-state index is 0.666. The zero-order valence-corrected chi connectivity index (χ0v) is 12.1. The van der Waals surface area contributed by atoms with E-state index in [4.69, 9.17) is 4.52 Å². The van der Waals surface area contributed by atoms with E-state index in [1.165, 1.54) is 0 Å². The molecule has 0 aliphatic heterocycles. The van der Waals surface area contributed by atoms with Crippen molar-refractivity contribution < 1.29 is 4.52 Å². The highest BCUT2D eigenvalue weighted by molar-refractivity contribution is 9.10. The Hall–Kier alpha value is -1.20. The second kappa shape index (κ2) is 6.11. The molecular formula is C13H16BrN3O. The third-order valence-electron chi connectivity index (χ3n) is 2.71. The van der Waals surface area contributed by atoms with Crippen molar-refractivity contribution >= 4 is 15.9 Å². The van der Waals surface area contributed by atoms with Crippen LogP contribution < -0.4 is 5.32 Å². The molecule has 1 heterocycles. The van der Waals surface area contributed by atoms with Crippen molar-refractivity contribution in [2.45, 2.75) is 19.8 Å². The van der Waals surface area contributed by atoms with Crippen molar-refractivity contribution in [3.63, 3.8) is 0 Å². The molecule has 0 spiro atoms. The molecule has 1 aromatic carbocycles. The lowest BCUT2D eigenvalue weighted by molar-refractivity contribution is 0.375. The largest absolute Gasteiger partial charge is 0.339 e. The lowest BCUT2D eigenvalue weighted by Gasteiger charge is -2.00. The number of benzene rings is 1. The van der Waals surface area contributed by atoms with Crippen LogP contribution in [0.5, 0.6) is 0 Å². The van der Waals surface area contributed by atoms with Crippen LogP contribution in [0.1, 0.15) is 17.9 Å². The van der Waals surface area contributed by atoms with Gasteiger partial charge in [0.05, 0.1) is 0 Å². The van der Waals surface area contributed by atoms with Crippen molar-refractivity contribution in [1.29, 1.82) is 0 Å². The summed E-state index contributed by atoms with van der Waals surface area (Å²) in [5, 5.41) is 7.13. The first kappa shape index (κ1) is 13.2. The van der Waals surface area contributed by atoms with E-state index in [0.29, 0.717) is 11.7 Å². The summed E-state index contributed by atoms with van der Waals surface area (Å²) in [5.41, 5.74) is 2.15. The molecule has 5 heteroatoms. The van der Waals surface area contributed by atoms with Crippen LogP contribution in [0.3, 0.4) is 0 Å². The first-order chi connectivity index (χ1) is 8.70. The number of halogens is 1. The smallest absolute Gasteiger partial charge is 0.227 e. The first-order valence-corrected chi connectivity index (χ1v) is 6.73. The second-order valence-corrected chi connectivity index (χ2v) is 5.09. The molecule has 0 aliphatic carbocycles. The van der Waals surface area contributed by atoms with E-state index in [9.17, 15) is 0 Å². The predicted octanol–water partition coefficient (Wildman–Crippen LogP) is 2.96. The van der Waals surface area contributed by atoms with Gasteiger partial charge in [0.15, 0.2) is 0 Å². The van der Waals surface area contributed by atoms with Crippen LogP contribution in [0.25, 0.3) is 11.4 Å². The molecule has 96 valence electrons. The number of nitrogens with one attached hydrogen (secondary N) is 1. The van der Waals surface area contributed by atoms with Gasteiger partial charge >= 0.3 is 0 Å². The summed E-state index contributed by atoms with van der Waals surface area (Å²) >= 11 is 3.44. The van der Waals surface area contributed by atoms with E-state index < -0.39 is 0 Å². The Morgan fingerprint density at radius 3 is 2.94 bits per heavy atom. The minimum Gasteiger partial charge on any atom is -0.339 e. The van der Waals surface area contributed by atoms with Gasteiger partial charge in [-0.1, -0.05) is 21.1 Å². The topological polar surface area (TPSA) is 51.0 Å². The fourth-order valence-corrected chi connectivity index (χ4v) is 2.24. The zero-order chi connectivity index (χ0) is 13.0. The standard InChI is InChI=1S/C13H16BrN3O/c1-9-8-10(14)5-6-11(9)13-16-12(18-17-13)4-3-7-15-2/h5-6,8,15H,3-4,7H2,1-2H3. The Balaban J connectivity index is 2.13. The summed E-state index contributed by atoms with van der Waals surface area (Å²) in [4.78, 5) is 4.42. The average Bonchev–Trinajstić information content (AvgIpc) is 2.78. The summed E-state index contributed by atoms with van der Waals surface area (Å²) in [6.07, 6.45) is 1.81. The summed E-state index contributed by atoms with van der Waals surface area (Å²) in [6.45, 7) is 2.99. The molecule has 18 heavy (non-hydrogen) atoms. The van der Waals surface area contributed by atoms with Gasteiger partial charge in [0.1, 0.15) is 0 Å². The third-order valence-corrected chi connectivity index (χ3v) is 3.21. The minimum absolute atomic E-state index is 0.666.